The molecule has 0 fully saturated rings. The monoisotopic (exact) mass is 192 g/mol. The SMILES string of the molecule is Cc1nnc(Oc2ccc(F)cc2)[n-]1. The van der Waals surface area contributed by atoms with Crippen molar-refractivity contribution < 1.29 is 9.13 Å². The van der Waals surface area contributed by atoms with Crippen molar-refractivity contribution in [3.63, 3.8) is 0 Å². The van der Waals surface area contributed by atoms with E-state index in [0.29, 0.717) is 11.6 Å². The predicted molar refractivity (Wildman–Crippen MR) is 46.6 cm³/mol. The summed E-state index contributed by atoms with van der Waals surface area (Å²) in [4.78, 5) is 3.89. The van der Waals surface area contributed by atoms with Gasteiger partial charge in [0.15, 0.2) is 6.01 Å². The van der Waals surface area contributed by atoms with E-state index < -0.39 is 0 Å². The minimum absolute atomic E-state index is 0.175. The van der Waals surface area contributed by atoms with E-state index in [1.165, 1.54) is 24.3 Å². The van der Waals surface area contributed by atoms with Gasteiger partial charge in [-0.3, -0.25) is 0 Å². The zero-order valence-corrected chi connectivity index (χ0v) is 7.44. The molecule has 1 heterocycles. The fourth-order valence-corrected chi connectivity index (χ4v) is 0.950. The van der Waals surface area contributed by atoms with Gasteiger partial charge in [-0.2, -0.15) is 0 Å². The molecule has 0 saturated carbocycles. The lowest BCUT2D eigenvalue weighted by atomic mass is 10.3. The average Bonchev–Trinajstić information content (AvgIpc) is 2.56. The van der Waals surface area contributed by atoms with Gasteiger partial charge < -0.3 is 19.9 Å². The Kier molecular flexibility index (Phi) is 2.14. The van der Waals surface area contributed by atoms with Crippen molar-refractivity contribution in [2.24, 2.45) is 0 Å². The van der Waals surface area contributed by atoms with Gasteiger partial charge in [0.05, 0.1) is 0 Å². The summed E-state index contributed by atoms with van der Waals surface area (Å²) in [5.74, 6) is 0.719. The Labute approximate surface area is 79.7 Å². The summed E-state index contributed by atoms with van der Waals surface area (Å²) >= 11 is 0. The van der Waals surface area contributed by atoms with Crippen LogP contribution < -0.4 is 9.72 Å². The first kappa shape index (κ1) is 8.68. The highest BCUT2D eigenvalue weighted by atomic mass is 19.1. The second kappa shape index (κ2) is 3.45. The standard InChI is InChI=1S/C9H7FN3O/c1-6-11-9(13-12-6)14-8-4-2-7(10)3-5-8/h2-5H,1H3/q-1. The second-order valence-electron chi connectivity index (χ2n) is 2.70. The summed E-state index contributed by atoms with van der Waals surface area (Å²) in [6.45, 7) is 1.71. The fraction of sp³-hybridized carbons (Fsp3) is 0.111. The Balaban J connectivity index is 2.15. The smallest absolute Gasteiger partial charge is 0.177 e. The summed E-state index contributed by atoms with van der Waals surface area (Å²) in [5.41, 5.74) is 0. The molecule has 14 heavy (non-hydrogen) atoms. The molecule has 0 unspecified atom stereocenters. The topological polar surface area (TPSA) is 49.1 Å². The van der Waals surface area contributed by atoms with E-state index in [1.807, 2.05) is 0 Å². The van der Waals surface area contributed by atoms with Gasteiger partial charge in [-0.1, -0.05) is 0 Å². The maximum atomic E-state index is 12.5. The maximum Gasteiger partial charge on any atom is 0.177 e. The first-order valence-corrected chi connectivity index (χ1v) is 4.01. The van der Waals surface area contributed by atoms with Gasteiger partial charge in [-0.05, 0) is 37.0 Å². The molecule has 0 N–H and O–H groups in total. The molecule has 0 saturated heterocycles. The first-order valence-electron chi connectivity index (χ1n) is 4.01. The van der Waals surface area contributed by atoms with Crippen LogP contribution in [0.25, 0.3) is 0 Å². The normalized spacial score (nSPS) is 10.1. The van der Waals surface area contributed by atoms with E-state index in [9.17, 15) is 4.39 Å². The van der Waals surface area contributed by atoms with Gasteiger partial charge in [0.25, 0.3) is 0 Å². The molecule has 4 nitrogen and oxygen atoms in total. The van der Waals surface area contributed by atoms with Gasteiger partial charge in [-0.25, -0.2) is 4.39 Å². The Morgan fingerprint density at radius 3 is 2.50 bits per heavy atom. The van der Waals surface area contributed by atoms with Crippen LogP contribution in [-0.2, 0) is 0 Å². The number of benzene rings is 1. The number of nitrogens with zero attached hydrogens (tertiary/aromatic N) is 3. The van der Waals surface area contributed by atoms with E-state index in [2.05, 4.69) is 15.2 Å². The number of hydrogen-bond donors (Lipinski definition) is 0. The Morgan fingerprint density at radius 2 is 1.93 bits per heavy atom. The van der Waals surface area contributed by atoms with E-state index in [0.717, 1.165) is 0 Å². The molecule has 0 radical (unpaired) electrons. The molecule has 0 atom stereocenters. The minimum atomic E-state index is -0.310. The minimum Gasteiger partial charge on any atom is -0.450 e. The first-order chi connectivity index (χ1) is 6.74. The van der Waals surface area contributed by atoms with Crippen molar-refractivity contribution in [2.45, 2.75) is 6.92 Å². The van der Waals surface area contributed by atoms with Crippen LogP contribution in [0.3, 0.4) is 0 Å². The molecule has 2 rings (SSSR count). The van der Waals surface area contributed by atoms with Crippen LogP contribution in [0.2, 0.25) is 0 Å². The van der Waals surface area contributed by atoms with Crippen molar-refractivity contribution in [1.29, 1.82) is 0 Å². The Bertz CT molecular complexity index is 424. The fourth-order valence-electron chi connectivity index (χ4n) is 0.950. The highest BCUT2D eigenvalue weighted by Crippen LogP contribution is 2.16. The van der Waals surface area contributed by atoms with Crippen LogP contribution in [0.5, 0.6) is 11.8 Å². The second-order valence-corrected chi connectivity index (χ2v) is 2.70. The number of aromatic nitrogens is 3. The van der Waals surface area contributed by atoms with Crippen molar-refractivity contribution >= 4 is 0 Å². The number of halogens is 1. The molecule has 0 spiro atoms. The molecule has 0 bridgehead atoms. The van der Waals surface area contributed by atoms with Crippen LogP contribution in [0.15, 0.2) is 24.3 Å². The molecule has 2 aromatic rings. The number of rotatable bonds is 2. The van der Waals surface area contributed by atoms with Gasteiger partial charge in [0, 0.05) is 0 Å². The molecule has 0 amide bonds. The Hall–Kier alpha value is -1.91. The third-order valence-electron chi connectivity index (χ3n) is 1.56. The number of aryl methyl sites for hydroxylation is 1. The third kappa shape index (κ3) is 1.87. The van der Waals surface area contributed by atoms with E-state index in [4.69, 9.17) is 4.74 Å². The zero-order chi connectivity index (χ0) is 9.97. The summed E-state index contributed by atoms with van der Waals surface area (Å²) in [5, 5.41) is 7.33. The molecular weight excluding hydrogens is 185 g/mol. The largest absolute Gasteiger partial charge is 0.450 e. The van der Waals surface area contributed by atoms with Crippen LogP contribution in [-0.4, -0.2) is 10.2 Å². The van der Waals surface area contributed by atoms with Crippen LogP contribution in [0.1, 0.15) is 5.82 Å². The van der Waals surface area contributed by atoms with Crippen molar-refractivity contribution in [2.75, 3.05) is 0 Å². The lowest BCUT2D eigenvalue weighted by molar-refractivity contribution is 0.440. The molecule has 1 aromatic heterocycles. The molecule has 0 aliphatic carbocycles. The van der Waals surface area contributed by atoms with Gasteiger partial charge in [0.2, 0.25) is 0 Å². The highest BCUT2D eigenvalue weighted by Gasteiger charge is 1.95. The third-order valence-corrected chi connectivity index (χ3v) is 1.56. The number of ether oxygens (including phenoxy) is 1. The lowest BCUT2D eigenvalue weighted by Crippen LogP contribution is -1.87. The molecule has 1 aromatic carbocycles. The van der Waals surface area contributed by atoms with Gasteiger partial charge in [0.1, 0.15) is 11.6 Å². The van der Waals surface area contributed by atoms with Crippen molar-refractivity contribution in [3.8, 4) is 11.8 Å². The lowest BCUT2D eigenvalue weighted by Gasteiger charge is -2.03. The molecule has 72 valence electrons. The van der Waals surface area contributed by atoms with E-state index in [-0.39, 0.29) is 11.8 Å². The van der Waals surface area contributed by atoms with E-state index >= 15 is 0 Å². The highest BCUT2D eigenvalue weighted by molar-refractivity contribution is 5.24. The van der Waals surface area contributed by atoms with Crippen LogP contribution in [0.4, 0.5) is 4.39 Å². The van der Waals surface area contributed by atoms with Crippen molar-refractivity contribution in [3.05, 3.63) is 35.9 Å². The van der Waals surface area contributed by atoms with Gasteiger partial charge >= 0.3 is 0 Å². The summed E-state index contributed by atoms with van der Waals surface area (Å²) in [7, 11) is 0. The van der Waals surface area contributed by atoms with Crippen LogP contribution >= 0.6 is 0 Å². The van der Waals surface area contributed by atoms with Crippen LogP contribution in [0, 0.1) is 12.7 Å². The zero-order valence-electron chi connectivity index (χ0n) is 7.44. The van der Waals surface area contributed by atoms with Crippen molar-refractivity contribution in [1.82, 2.24) is 15.2 Å². The summed E-state index contributed by atoms with van der Waals surface area (Å²) in [6.07, 6.45) is 0. The number of hydrogen-bond acceptors (Lipinski definition) is 3. The predicted octanol–water partition coefficient (Wildman–Crippen LogP) is 1.67. The summed E-state index contributed by atoms with van der Waals surface area (Å²) in [6, 6.07) is 5.79. The summed E-state index contributed by atoms with van der Waals surface area (Å²) < 4.78 is 17.7. The Morgan fingerprint density at radius 1 is 1.21 bits per heavy atom. The van der Waals surface area contributed by atoms with E-state index in [1.54, 1.807) is 6.92 Å². The molecule has 0 aliphatic rings. The molecule has 5 heteroatoms. The average molecular weight is 192 g/mol. The quantitative estimate of drug-likeness (QED) is 0.726. The molecule has 0 aliphatic heterocycles. The maximum absolute atomic E-state index is 12.5. The molecular formula is C9H7FN3O-. The van der Waals surface area contributed by atoms with Gasteiger partial charge in [-0.15, -0.1) is 0 Å².